The Bertz CT molecular complexity index is 903. The fourth-order valence-corrected chi connectivity index (χ4v) is 2.52. The number of alkyl halides is 3. The second-order valence-corrected chi connectivity index (χ2v) is 5.87. The van der Waals surface area contributed by atoms with E-state index in [0.717, 1.165) is 24.3 Å². The number of anilines is 1. The van der Waals surface area contributed by atoms with E-state index in [1.807, 2.05) is 0 Å². The van der Waals surface area contributed by atoms with Gasteiger partial charge in [0.05, 0.1) is 17.5 Å². The molecule has 2 amide bonds. The van der Waals surface area contributed by atoms with Crippen LogP contribution in [-0.4, -0.2) is 34.7 Å². The third kappa shape index (κ3) is 3.91. The van der Waals surface area contributed by atoms with Crippen LogP contribution in [0.1, 0.15) is 16.1 Å². The van der Waals surface area contributed by atoms with Crippen LogP contribution in [0.3, 0.4) is 0 Å². The first-order valence-corrected chi connectivity index (χ1v) is 7.67. The minimum absolute atomic E-state index is 0.00117. The van der Waals surface area contributed by atoms with Gasteiger partial charge < -0.3 is 14.6 Å². The van der Waals surface area contributed by atoms with Crippen molar-refractivity contribution in [2.45, 2.75) is 6.18 Å². The van der Waals surface area contributed by atoms with Gasteiger partial charge in [-0.05, 0) is 24.3 Å². The number of rotatable bonds is 4. The van der Waals surface area contributed by atoms with Gasteiger partial charge in [0.25, 0.3) is 5.91 Å². The van der Waals surface area contributed by atoms with Crippen molar-refractivity contribution in [1.82, 2.24) is 4.90 Å². The van der Waals surface area contributed by atoms with Gasteiger partial charge in [-0.1, -0.05) is 6.07 Å². The van der Waals surface area contributed by atoms with Crippen LogP contribution in [0.4, 0.5) is 24.7 Å². The van der Waals surface area contributed by atoms with E-state index in [0.29, 0.717) is 0 Å². The summed E-state index contributed by atoms with van der Waals surface area (Å²) < 4.78 is 42.9. The number of halogens is 3. The molecule has 0 saturated carbocycles. The van der Waals surface area contributed by atoms with Crippen molar-refractivity contribution < 1.29 is 32.1 Å². The van der Waals surface area contributed by atoms with E-state index in [-0.39, 0.29) is 24.5 Å². The molecule has 1 aromatic heterocycles. The Hall–Kier alpha value is -3.37. The molecule has 1 saturated heterocycles. The number of carbonyl (C=O) groups excluding carboxylic acids is 2. The maximum Gasteiger partial charge on any atom is 0.433 e. The van der Waals surface area contributed by atoms with Crippen molar-refractivity contribution in [3.05, 3.63) is 57.8 Å². The molecule has 1 aromatic carbocycles. The quantitative estimate of drug-likeness (QED) is 0.646. The molecular weight excluding hydrogens is 371 g/mol. The molecule has 0 radical (unpaired) electrons. The molecule has 8 nitrogen and oxygen atoms in total. The zero-order chi connectivity index (χ0) is 19.8. The molecule has 0 unspecified atom stereocenters. The summed E-state index contributed by atoms with van der Waals surface area (Å²) in [7, 11) is 0. The maximum atomic E-state index is 12.7. The summed E-state index contributed by atoms with van der Waals surface area (Å²) in [5, 5.41) is 12.9. The standard InChI is InChI=1S/C16H12F3N3O5/c17-16(18,19)10-2-1-3-11(6-10)20-14(23)9-7-21(8-9)15(24)12-4-5-13(27-12)22(25)26/h1-6,9H,7-8H2,(H,20,23). The summed E-state index contributed by atoms with van der Waals surface area (Å²) in [5.74, 6) is -2.53. The van der Waals surface area contributed by atoms with Crippen LogP contribution in [0.25, 0.3) is 0 Å². The van der Waals surface area contributed by atoms with E-state index in [1.54, 1.807) is 0 Å². The number of furan rings is 1. The number of nitrogens with zero attached hydrogens (tertiary/aromatic N) is 2. The largest absolute Gasteiger partial charge is 0.433 e. The molecular formula is C16H12F3N3O5. The van der Waals surface area contributed by atoms with Gasteiger partial charge in [-0.2, -0.15) is 13.2 Å². The minimum Gasteiger partial charge on any atom is -0.395 e. The van der Waals surface area contributed by atoms with Gasteiger partial charge in [0, 0.05) is 18.8 Å². The topological polar surface area (TPSA) is 106 Å². The van der Waals surface area contributed by atoms with Crippen molar-refractivity contribution in [2.75, 3.05) is 18.4 Å². The average molecular weight is 383 g/mol. The number of hydrogen-bond acceptors (Lipinski definition) is 5. The molecule has 11 heteroatoms. The van der Waals surface area contributed by atoms with Crippen molar-refractivity contribution in [3.63, 3.8) is 0 Å². The Morgan fingerprint density at radius 3 is 2.52 bits per heavy atom. The molecule has 0 bridgehead atoms. The van der Waals surface area contributed by atoms with Crippen molar-refractivity contribution >= 4 is 23.4 Å². The van der Waals surface area contributed by atoms with Crippen LogP contribution in [-0.2, 0) is 11.0 Å². The first kappa shape index (κ1) is 18.4. The number of nitrogens with one attached hydrogen (secondary N) is 1. The predicted octanol–water partition coefficient (Wildman–Crippen LogP) is 2.92. The minimum atomic E-state index is -4.52. The van der Waals surface area contributed by atoms with Crippen molar-refractivity contribution in [2.24, 2.45) is 5.92 Å². The summed E-state index contributed by atoms with van der Waals surface area (Å²) in [6, 6.07) is 6.43. The molecule has 142 valence electrons. The summed E-state index contributed by atoms with van der Waals surface area (Å²) in [5.41, 5.74) is -0.883. The van der Waals surface area contributed by atoms with E-state index in [1.165, 1.54) is 17.0 Å². The molecule has 1 aliphatic heterocycles. The Kier molecular flexibility index (Phi) is 4.60. The van der Waals surface area contributed by atoms with Crippen LogP contribution >= 0.6 is 0 Å². The molecule has 3 rings (SSSR count). The van der Waals surface area contributed by atoms with E-state index < -0.39 is 40.3 Å². The fraction of sp³-hybridized carbons (Fsp3) is 0.250. The molecule has 0 atom stereocenters. The summed E-state index contributed by atoms with van der Waals surface area (Å²) in [4.78, 5) is 35.2. The Labute approximate surface area is 149 Å². The lowest BCUT2D eigenvalue weighted by molar-refractivity contribution is -0.402. The second kappa shape index (κ2) is 6.74. The summed E-state index contributed by atoms with van der Waals surface area (Å²) >= 11 is 0. The van der Waals surface area contributed by atoms with Gasteiger partial charge in [0.1, 0.15) is 4.92 Å². The lowest BCUT2D eigenvalue weighted by atomic mass is 9.98. The summed E-state index contributed by atoms with van der Waals surface area (Å²) in [6.45, 7) is 0.0518. The van der Waals surface area contributed by atoms with Gasteiger partial charge in [0.15, 0.2) is 5.76 Å². The first-order chi connectivity index (χ1) is 12.6. The zero-order valence-corrected chi connectivity index (χ0v) is 13.5. The van der Waals surface area contributed by atoms with Crippen LogP contribution in [0.5, 0.6) is 0 Å². The first-order valence-electron chi connectivity index (χ1n) is 7.67. The van der Waals surface area contributed by atoms with Gasteiger partial charge in [-0.15, -0.1) is 0 Å². The molecule has 1 aliphatic rings. The maximum absolute atomic E-state index is 12.7. The van der Waals surface area contributed by atoms with E-state index in [9.17, 15) is 32.9 Å². The Morgan fingerprint density at radius 2 is 1.93 bits per heavy atom. The SMILES string of the molecule is O=C(Nc1cccc(C(F)(F)F)c1)C1CN(C(=O)c2ccc([N+](=O)[O-])o2)C1. The normalized spacial score (nSPS) is 14.6. The number of likely N-dealkylation sites (tertiary alicyclic amines) is 1. The van der Waals surface area contributed by atoms with Gasteiger partial charge in [-0.25, -0.2) is 0 Å². The molecule has 27 heavy (non-hydrogen) atoms. The number of carbonyl (C=O) groups is 2. The molecule has 0 spiro atoms. The van der Waals surface area contributed by atoms with Gasteiger partial charge in [-0.3, -0.25) is 19.7 Å². The number of hydrogen-bond donors (Lipinski definition) is 1. The number of benzene rings is 1. The number of nitro groups is 1. The molecule has 0 aliphatic carbocycles. The monoisotopic (exact) mass is 383 g/mol. The van der Waals surface area contributed by atoms with Gasteiger partial charge >= 0.3 is 12.1 Å². The predicted molar refractivity (Wildman–Crippen MR) is 84.8 cm³/mol. The third-order valence-electron chi connectivity index (χ3n) is 3.98. The highest BCUT2D eigenvalue weighted by Gasteiger charge is 2.38. The van der Waals surface area contributed by atoms with E-state index in [4.69, 9.17) is 4.42 Å². The van der Waals surface area contributed by atoms with E-state index >= 15 is 0 Å². The highest BCUT2D eigenvalue weighted by atomic mass is 19.4. The third-order valence-corrected chi connectivity index (χ3v) is 3.98. The van der Waals surface area contributed by atoms with Crippen molar-refractivity contribution in [3.8, 4) is 0 Å². The van der Waals surface area contributed by atoms with E-state index in [2.05, 4.69) is 5.32 Å². The van der Waals surface area contributed by atoms with Crippen molar-refractivity contribution in [1.29, 1.82) is 0 Å². The average Bonchev–Trinajstić information content (AvgIpc) is 3.03. The Balaban J connectivity index is 1.57. The highest BCUT2D eigenvalue weighted by Crippen LogP contribution is 2.31. The zero-order valence-electron chi connectivity index (χ0n) is 13.5. The number of amides is 2. The fourth-order valence-electron chi connectivity index (χ4n) is 2.52. The molecule has 1 N–H and O–H groups in total. The lowest BCUT2D eigenvalue weighted by Crippen LogP contribution is -2.54. The van der Waals surface area contributed by atoms with Crippen LogP contribution in [0.2, 0.25) is 0 Å². The lowest BCUT2D eigenvalue weighted by Gasteiger charge is -2.37. The summed E-state index contributed by atoms with van der Waals surface area (Å²) in [6.07, 6.45) is -4.52. The smallest absolute Gasteiger partial charge is 0.395 e. The Morgan fingerprint density at radius 1 is 1.22 bits per heavy atom. The highest BCUT2D eigenvalue weighted by molar-refractivity contribution is 5.97. The van der Waals surface area contributed by atoms with Crippen LogP contribution in [0, 0.1) is 16.0 Å². The van der Waals surface area contributed by atoms with Crippen LogP contribution in [0.15, 0.2) is 40.8 Å². The molecule has 2 aromatic rings. The second-order valence-electron chi connectivity index (χ2n) is 5.87. The molecule has 1 fully saturated rings. The van der Waals surface area contributed by atoms with Gasteiger partial charge in [0.2, 0.25) is 5.91 Å². The van der Waals surface area contributed by atoms with Crippen LogP contribution < -0.4 is 5.32 Å². The molecule has 2 heterocycles.